The number of aromatic nitrogens is 1. The summed E-state index contributed by atoms with van der Waals surface area (Å²) in [5, 5.41) is 8.83. The van der Waals surface area contributed by atoms with Gasteiger partial charge in [0.05, 0.1) is 5.56 Å². The second-order valence-corrected chi connectivity index (χ2v) is 3.66. The molecule has 1 fully saturated rings. The molecule has 1 aromatic rings. The molecule has 0 aromatic carbocycles. The summed E-state index contributed by atoms with van der Waals surface area (Å²) in [6.45, 7) is 2.16. The number of nitrogens with one attached hydrogen (secondary N) is 1. The molecule has 3 nitrogen and oxygen atoms in total. The highest BCUT2D eigenvalue weighted by Gasteiger charge is 2.41. The molecule has 1 saturated carbocycles. The van der Waals surface area contributed by atoms with Gasteiger partial charge in [-0.1, -0.05) is 6.92 Å². The van der Waals surface area contributed by atoms with Crippen molar-refractivity contribution >= 4 is 5.82 Å². The summed E-state index contributed by atoms with van der Waals surface area (Å²) in [6.07, 6.45) is 4.19. The number of nitrogen functional groups attached to an aromatic ring is 1. The zero-order valence-electron chi connectivity index (χ0n) is 7.02. The Bertz CT molecular complexity index is 352. The van der Waals surface area contributed by atoms with Crippen molar-refractivity contribution in [2.24, 2.45) is 0 Å². The Morgan fingerprint density at radius 2 is 2.33 bits per heavy atom. The second-order valence-electron chi connectivity index (χ2n) is 3.66. The van der Waals surface area contributed by atoms with Crippen molar-refractivity contribution in [3.05, 3.63) is 17.3 Å². The monoisotopic (exact) mass is 161 g/mol. The molecule has 0 atom stereocenters. The van der Waals surface area contributed by atoms with Gasteiger partial charge in [0, 0.05) is 6.20 Å². The largest absolute Gasteiger partial charge is 0.384 e. The number of aromatic amines is 1. The lowest BCUT2D eigenvalue weighted by atomic mass is 9.98. The van der Waals surface area contributed by atoms with E-state index in [1.807, 2.05) is 6.20 Å². The highest BCUT2D eigenvalue weighted by Crippen LogP contribution is 2.49. The summed E-state index contributed by atoms with van der Waals surface area (Å²) in [5.74, 6) is 0.501. The Hall–Kier alpha value is -1.43. The van der Waals surface area contributed by atoms with Gasteiger partial charge < -0.3 is 10.7 Å². The van der Waals surface area contributed by atoms with E-state index in [0.29, 0.717) is 11.4 Å². The van der Waals surface area contributed by atoms with Gasteiger partial charge in [0.25, 0.3) is 0 Å². The fraction of sp³-hybridized carbons (Fsp3) is 0.444. The SMILES string of the molecule is CC1(c2c[nH]c(N)c2C#N)CC1. The van der Waals surface area contributed by atoms with Crippen LogP contribution in [0.2, 0.25) is 0 Å². The molecule has 12 heavy (non-hydrogen) atoms. The molecule has 0 bridgehead atoms. The first-order valence-electron chi connectivity index (χ1n) is 4.05. The zero-order chi connectivity index (χ0) is 8.77. The van der Waals surface area contributed by atoms with Crippen LogP contribution in [0.4, 0.5) is 5.82 Å². The van der Waals surface area contributed by atoms with E-state index < -0.39 is 0 Å². The molecule has 0 aliphatic heterocycles. The van der Waals surface area contributed by atoms with Gasteiger partial charge in [0.2, 0.25) is 0 Å². The number of H-pyrrole nitrogens is 1. The maximum atomic E-state index is 8.83. The van der Waals surface area contributed by atoms with E-state index in [-0.39, 0.29) is 5.41 Å². The Morgan fingerprint density at radius 1 is 1.67 bits per heavy atom. The first kappa shape index (κ1) is 7.23. The Kier molecular flexibility index (Phi) is 1.23. The summed E-state index contributed by atoms with van der Waals surface area (Å²) in [6, 6.07) is 2.13. The third kappa shape index (κ3) is 0.814. The number of anilines is 1. The van der Waals surface area contributed by atoms with E-state index in [1.54, 1.807) is 0 Å². The molecular formula is C9H11N3. The predicted molar refractivity (Wildman–Crippen MR) is 46.5 cm³/mol. The van der Waals surface area contributed by atoms with Crippen molar-refractivity contribution in [2.75, 3.05) is 5.73 Å². The minimum absolute atomic E-state index is 0.221. The molecule has 0 radical (unpaired) electrons. The van der Waals surface area contributed by atoms with E-state index in [4.69, 9.17) is 11.0 Å². The van der Waals surface area contributed by atoms with Crippen molar-refractivity contribution in [1.82, 2.24) is 4.98 Å². The highest BCUT2D eigenvalue weighted by atomic mass is 14.8. The van der Waals surface area contributed by atoms with Crippen molar-refractivity contribution in [2.45, 2.75) is 25.2 Å². The maximum Gasteiger partial charge on any atom is 0.119 e. The molecule has 0 saturated heterocycles. The van der Waals surface area contributed by atoms with E-state index >= 15 is 0 Å². The Balaban J connectivity index is 2.52. The third-order valence-corrected chi connectivity index (χ3v) is 2.67. The first-order valence-corrected chi connectivity index (χ1v) is 4.05. The number of nitriles is 1. The van der Waals surface area contributed by atoms with Crippen LogP contribution in [0.15, 0.2) is 6.20 Å². The van der Waals surface area contributed by atoms with E-state index in [1.165, 1.54) is 12.8 Å². The molecular weight excluding hydrogens is 150 g/mol. The molecule has 2 rings (SSSR count). The van der Waals surface area contributed by atoms with Gasteiger partial charge in [0.15, 0.2) is 0 Å². The Labute approximate surface area is 71.2 Å². The summed E-state index contributed by atoms with van der Waals surface area (Å²) in [5.41, 5.74) is 7.54. The molecule has 1 aliphatic carbocycles. The van der Waals surface area contributed by atoms with Gasteiger partial charge >= 0.3 is 0 Å². The van der Waals surface area contributed by atoms with Gasteiger partial charge in [-0.05, 0) is 23.8 Å². The topological polar surface area (TPSA) is 65.6 Å². The van der Waals surface area contributed by atoms with Crippen LogP contribution in [-0.2, 0) is 5.41 Å². The van der Waals surface area contributed by atoms with Crippen LogP contribution >= 0.6 is 0 Å². The molecule has 0 unspecified atom stereocenters. The average Bonchev–Trinajstić information content (AvgIpc) is 2.65. The van der Waals surface area contributed by atoms with Crippen molar-refractivity contribution < 1.29 is 0 Å². The lowest BCUT2D eigenvalue weighted by Crippen LogP contribution is -2.00. The van der Waals surface area contributed by atoms with Crippen LogP contribution in [-0.4, -0.2) is 4.98 Å². The average molecular weight is 161 g/mol. The fourth-order valence-corrected chi connectivity index (χ4v) is 1.49. The number of hydrogen-bond donors (Lipinski definition) is 2. The van der Waals surface area contributed by atoms with E-state index in [2.05, 4.69) is 18.0 Å². The minimum atomic E-state index is 0.221. The predicted octanol–water partition coefficient (Wildman–Crippen LogP) is 1.52. The van der Waals surface area contributed by atoms with Crippen LogP contribution in [0, 0.1) is 11.3 Å². The summed E-state index contributed by atoms with van der Waals surface area (Å²) < 4.78 is 0. The molecule has 62 valence electrons. The van der Waals surface area contributed by atoms with Gasteiger partial charge in [0.1, 0.15) is 11.9 Å². The normalized spacial score (nSPS) is 18.7. The second kappa shape index (κ2) is 2.04. The number of nitrogens with zero attached hydrogens (tertiary/aromatic N) is 1. The number of nitrogens with two attached hydrogens (primary N) is 1. The van der Waals surface area contributed by atoms with Crippen LogP contribution in [0.25, 0.3) is 0 Å². The third-order valence-electron chi connectivity index (χ3n) is 2.67. The molecule has 1 heterocycles. The van der Waals surface area contributed by atoms with Gasteiger partial charge in [-0.3, -0.25) is 0 Å². The van der Waals surface area contributed by atoms with E-state index in [9.17, 15) is 0 Å². The quantitative estimate of drug-likeness (QED) is 0.655. The summed E-state index contributed by atoms with van der Waals surface area (Å²) in [4.78, 5) is 2.89. The lowest BCUT2D eigenvalue weighted by Gasteiger charge is -2.04. The van der Waals surface area contributed by atoms with Gasteiger partial charge in [-0.2, -0.15) is 5.26 Å². The minimum Gasteiger partial charge on any atom is -0.384 e. The molecule has 0 spiro atoms. The highest BCUT2D eigenvalue weighted by molar-refractivity contribution is 5.57. The maximum absolute atomic E-state index is 8.83. The van der Waals surface area contributed by atoms with Crippen LogP contribution in [0.1, 0.15) is 30.9 Å². The fourth-order valence-electron chi connectivity index (χ4n) is 1.49. The standard InChI is InChI=1S/C9H11N3/c1-9(2-3-9)7-5-12-8(11)6(7)4-10/h5,12H,2-3,11H2,1H3. The number of rotatable bonds is 1. The van der Waals surface area contributed by atoms with Crippen LogP contribution < -0.4 is 5.73 Å². The van der Waals surface area contributed by atoms with Crippen molar-refractivity contribution in [1.29, 1.82) is 5.26 Å². The summed E-state index contributed by atoms with van der Waals surface area (Å²) >= 11 is 0. The molecule has 3 N–H and O–H groups in total. The molecule has 0 amide bonds. The lowest BCUT2D eigenvalue weighted by molar-refractivity contribution is 0.787. The van der Waals surface area contributed by atoms with Crippen LogP contribution in [0.5, 0.6) is 0 Å². The van der Waals surface area contributed by atoms with Gasteiger partial charge in [-0.25, -0.2) is 0 Å². The molecule has 1 aliphatic rings. The smallest absolute Gasteiger partial charge is 0.119 e. The van der Waals surface area contributed by atoms with Crippen molar-refractivity contribution in [3.8, 4) is 6.07 Å². The summed E-state index contributed by atoms with van der Waals surface area (Å²) in [7, 11) is 0. The number of hydrogen-bond acceptors (Lipinski definition) is 2. The first-order chi connectivity index (χ1) is 5.67. The molecule has 3 heteroatoms. The van der Waals surface area contributed by atoms with Crippen LogP contribution in [0.3, 0.4) is 0 Å². The Morgan fingerprint density at radius 3 is 2.83 bits per heavy atom. The van der Waals surface area contributed by atoms with Crippen molar-refractivity contribution in [3.63, 3.8) is 0 Å². The zero-order valence-corrected chi connectivity index (χ0v) is 7.02. The van der Waals surface area contributed by atoms with Gasteiger partial charge in [-0.15, -0.1) is 0 Å². The van der Waals surface area contributed by atoms with E-state index in [0.717, 1.165) is 5.56 Å². The molecule has 1 aromatic heterocycles.